The molecule has 0 aromatic rings. The Labute approximate surface area is 78.9 Å². The van der Waals surface area contributed by atoms with Crippen molar-refractivity contribution in [3.63, 3.8) is 0 Å². The Morgan fingerprint density at radius 3 is 2.69 bits per heavy atom. The highest BCUT2D eigenvalue weighted by atomic mass is 32.2. The molecule has 0 heterocycles. The summed E-state index contributed by atoms with van der Waals surface area (Å²) in [6, 6.07) is 0. The van der Waals surface area contributed by atoms with E-state index < -0.39 is 10.0 Å². The summed E-state index contributed by atoms with van der Waals surface area (Å²) < 4.78 is 25.0. The lowest BCUT2D eigenvalue weighted by molar-refractivity contribution is 0.595. The lowest BCUT2D eigenvalue weighted by Crippen LogP contribution is -2.19. The number of rotatable bonds is 2. The molecule has 72 valence electrons. The third kappa shape index (κ3) is 2.54. The Kier molecular flexibility index (Phi) is 3.06. The van der Waals surface area contributed by atoms with Gasteiger partial charge in [-0.3, -0.25) is 0 Å². The predicted octanol–water partition coefficient (Wildman–Crippen LogP) is 1.33. The molecule has 0 aliphatic heterocycles. The fourth-order valence-electron chi connectivity index (χ4n) is 1.01. The van der Waals surface area contributed by atoms with Gasteiger partial charge in [-0.15, -0.1) is 0 Å². The van der Waals surface area contributed by atoms with Gasteiger partial charge in [-0.25, -0.2) is 13.1 Å². The Morgan fingerprint density at radius 1 is 1.38 bits per heavy atom. The summed E-state index contributed by atoms with van der Waals surface area (Å²) in [6.07, 6.45) is 7.71. The van der Waals surface area contributed by atoms with Crippen molar-refractivity contribution in [1.29, 1.82) is 0 Å². The van der Waals surface area contributed by atoms with Crippen LogP contribution in [0.3, 0.4) is 0 Å². The van der Waals surface area contributed by atoms with Gasteiger partial charge in [-0.05, 0) is 32.5 Å². The van der Waals surface area contributed by atoms with E-state index in [0.29, 0.717) is 4.91 Å². The maximum Gasteiger partial charge on any atom is 0.240 e. The van der Waals surface area contributed by atoms with Crippen molar-refractivity contribution in [2.24, 2.45) is 0 Å². The summed E-state index contributed by atoms with van der Waals surface area (Å²) in [6.45, 7) is 1.97. The van der Waals surface area contributed by atoms with Crippen LogP contribution in [-0.4, -0.2) is 15.5 Å². The summed E-state index contributed by atoms with van der Waals surface area (Å²) in [5.41, 5.74) is 1.15. The van der Waals surface area contributed by atoms with Gasteiger partial charge >= 0.3 is 0 Å². The summed E-state index contributed by atoms with van der Waals surface area (Å²) in [5.74, 6) is 0. The highest BCUT2D eigenvalue weighted by molar-refractivity contribution is 7.93. The minimum atomic E-state index is -3.29. The van der Waals surface area contributed by atoms with Crippen molar-refractivity contribution in [3.8, 4) is 0 Å². The van der Waals surface area contributed by atoms with Crippen molar-refractivity contribution < 1.29 is 8.42 Å². The Hall–Kier alpha value is -0.870. The highest BCUT2D eigenvalue weighted by Crippen LogP contribution is 2.13. The average molecular weight is 199 g/mol. The first-order valence-corrected chi connectivity index (χ1v) is 5.52. The van der Waals surface area contributed by atoms with E-state index in [1.165, 1.54) is 7.05 Å². The van der Waals surface area contributed by atoms with Gasteiger partial charge in [0.15, 0.2) is 0 Å². The van der Waals surface area contributed by atoms with Crippen LogP contribution < -0.4 is 4.72 Å². The summed E-state index contributed by atoms with van der Waals surface area (Å²) in [7, 11) is -1.88. The molecular formula is C9H13NO2S. The molecule has 0 saturated heterocycles. The second-order valence-corrected chi connectivity index (χ2v) is 4.78. The van der Waals surface area contributed by atoms with Crippen molar-refractivity contribution >= 4 is 10.0 Å². The fraction of sp³-hybridized carbons (Fsp3) is 0.333. The van der Waals surface area contributed by atoms with Crippen molar-refractivity contribution in [2.45, 2.75) is 13.3 Å². The van der Waals surface area contributed by atoms with E-state index in [0.717, 1.165) is 12.0 Å². The first-order chi connectivity index (χ1) is 6.06. The first-order valence-electron chi connectivity index (χ1n) is 4.04. The molecule has 1 aliphatic carbocycles. The highest BCUT2D eigenvalue weighted by Gasteiger charge is 2.11. The van der Waals surface area contributed by atoms with Crippen LogP contribution in [0.5, 0.6) is 0 Å². The molecule has 0 aromatic carbocycles. The topological polar surface area (TPSA) is 46.2 Å². The van der Waals surface area contributed by atoms with E-state index in [2.05, 4.69) is 4.72 Å². The molecule has 0 aromatic heterocycles. The number of nitrogens with one attached hydrogen (secondary N) is 1. The monoisotopic (exact) mass is 199 g/mol. The lowest BCUT2D eigenvalue weighted by atomic mass is 10.2. The number of sulfonamides is 1. The number of hydrogen-bond donors (Lipinski definition) is 1. The molecule has 1 rings (SSSR count). The van der Waals surface area contributed by atoms with E-state index in [4.69, 9.17) is 0 Å². The smallest absolute Gasteiger partial charge is 0.214 e. The molecule has 0 saturated carbocycles. The van der Waals surface area contributed by atoms with E-state index in [1.54, 1.807) is 12.2 Å². The molecule has 3 nitrogen and oxygen atoms in total. The van der Waals surface area contributed by atoms with Crippen LogP contribution in [0.4, 0.5) is 0 Å². The van der Waals surface area contributed by atoms with Crippen LogP contribution in [-0.2, 0) is 10.0 Å². The third-order valence-corrected chi connectivity index (χ3v) is 3.26. The van der Waals surface area contributed by atoms with Crippen LogP contribution in [0, 0.1) is 0 Å². The van der Waals surface area contributed by atoms with Gasteiger partial charge in [0.25, 0.3) is 0 Å². The van der Waals surface area contributed by atoms with Gasteiger partial charge in [0, 0.05) is 0 Å². The quantitative estimate of drug-likeness (QED) is 0.729. The van der Waals surface area contributed by atoms with Gasteiger partial charge in [-0.1, -0.05) is 17.7 Å². The van der Waals surface area contributed by atoms with Gasteiger partial charge in [0.1, 0.15) is 0 Å². The average Bonchev–Trinajstić information content (AvgIpc) is 2.30. The maximum atomic E-state index is 11.4. The first kappa shape index (κ1) is 10.2. The molecular weight excluding hydrogens is 186 g/mol. The zero-order chi connectivity index (χ0) is 9.90. The third-order valence-electron chi connectivity index (χ3n) is 1.83. The van der Waals surface area contributed by atoms with E-state index in [-0.39, 0.29) is 0 Å². The van der Waals surface area contributed by atoms with E-state index >= 15 is 0 Å². The van der Waals surface area contributed by atoms with Crippen LogP contribution in [0.1, 0.15) is 13.3 Å². The van der Waals surface area contributed by atoms with E-state index in [9.17, 15) is 8.42 Å². The molecule has 0 spiro atoms. The summed E-state index contributed by atoms with van der Waals surface area (Å²) in [4.78, 5) is 0.312. The molecule has 0 fully saturated rings. The molecule has 4 heteroatoms. The predicted molar refractivity (Wildman–Crippen MR) is 53.6 cm³/mol. The molecule has 1 aliphatic rings. The summed E-state index contributed by atoms with van der Waals surface area (Å²) >= 11 is 0. The Balaban J connectivity index is 3.07. The second kappa shape index (κ2) is 3.89. The van der Waals surface area contributed by atoms with Crippen molar-refractivity contribution in [1.82, 2.24) is 4.72 Å². The van der Waals surface area contributed by atoms with Crippen LogP contribution in [0.15, 0.2) is 34.8 Å². The normalized spacial score (nSPS) is 17.7. The SMILES string of the molecule is CNS(=O)(=O)C1=CC=C(C)CC=C1. The minimum Gasteiger partial charge on any atom is -0.214 e. The number of hydrogen-bond acceptors (Lipinski definition) is 2. The van der Waals surface area contributed by atoms with Gasteiger partial charge in [0.05, 0.1) is 4.91 Å². The molecule has 0 unspecified atom stereocenters. The van der Waals surface area contributed by atoms with Crippen LogP contribution in [0.25, 0.3) is 0 Å². The molecule has 0 bridgehead atoms. The van der Waals surface area contributed by atoms with E-state index in [1.807, 2.05) is 19.1 Å². The fourth-order valence-corrected chi connectivity index (χ4v) is 1.76. The zero-order valence-electron chi connectivity index (χ0n) is 7.74. The summed E-state index contributed by atoms with van der Waals surface area (Å²) in [5, 5.41) is 0. The Bertz CT molecular complexity index is 374. The molecule has 13 heavy (non-hydrogen) atoms. The zero-order valence-corrected chi connectivity index (χ0v) is 8.56. The van der Waals surface area contributed by atoms with Gasteiger partial charge in [-0.2, -0.15) is 0 Å². The van der Waals surface area contributed by atoms with Gasteiger partial charge < -0.3 is 0 Å². The molecule has 0 amide bonds. The van der Waals surface area contributed by atoms with Crippen LogP contribution in [0.2, 0.25) is 0 Å². The molecule has 0 atom stereocenters. The second-order valence-electron chi connectivity index (χ2n) is 2.90. The maximum absolute atomic E-state index is 11.4. The largest absolute Gasteiger partial charge is 0.240 e. The number of allylic oxidation sites excluding steroid dienone is 5. The van der Waals surface area contributed by atoms with Crippen molar-refractivity contribution in [3.05, 3.63) is 34.8 Å². The minimum absolute atomic E-state index is 0.312. The van der Waals surface area contributed by atoms with Gasteiger partial charge in [0.2, 0.25) is 10.0 Å². The van der Waals surface area contributed by atoms with Crippen LogP contribution >= 0.6 is 0 Å². The molecule has 1 N–H and O–H groups in total. The Morgan fingerprint density at radius 2 is 2.08 bits per heavy atom. The van der Waals surface area contributed by atoms with Crippen molar-refractivity contribution in [2.75, 3.05) is 7.05 Å². The standard InChI is InChI=1S/C9H13NO2S/c1-8-4-3-5-9(7-6-8)13(11,12)10-2/h3,5-7,10H,4H2,1-2H3. The molecule has 0 radical (unpaired) electrons. The lowest BCUT2D eigenvalue weighted by Gasteiger charge is -2.00.